The highest BCUT2D eigenvalue weighted by molar-refractivity contribution is 7.80. The van der Waals surface area contributed by atoms with Gasteiger partial charge in [-0.25, -0.2) is 4.79 Å². The van der Waals surface area contributed by atoms with Crippen LogP contribution in [0.15, 0.2) is 9.98 Å². The molecule has 16 N–H and O–H groups in total. The van der Waals surface area contributed by atoms with Crippen LogP contribution in [0, 0.1) is 0 Å². The molecule has 37 heavy (non-hydrogen) atoms. The van der Waals surface area contributed by atoms with Crippen molar-refractivity contribution in [2.24, 2.45) is 44.4 Å². The van der Waals surface area contributed by atoms with E-state index < -0.39 is 60.2 Å². The van der Waals surface area contributed by atoms with Gasteiger partial charge in [0.1, 0.15) is 18.1 Å². The van der Waals surface area contributed by atoms with E-state index in [2.05, 4.69) is 38.6 Å². The standard InChI is InChI=1S/C19H37N11O6S/c20-9(3-1-5-26-18(22)23)14(32)30-12(8-37)16(34)29-11(7-13(21)31)15(33)28-10(17(35)36)4-2-6-27-19(24)25/h9-12,37H,1-8,20H2,(H2,21,31)(H,28,33)(H,29,34)(H,30,32)(H,35,36)(H4,22,23,26)(H4,24,25,27). The number of thiol groups is 1. The van der Waals surface area contributed by atoms with Gasteiger partial charge in [-0.15, -0.1) is 0 Å². The summed E-state index contributed by atoms with van der Waals surface area (Å²) in [6.45, 7) is 0.387. The van der Waals surface area contributed by atoms with Crippen molar-refractivity contribution in [3.8, 4) is 0 Å². The fraction of sp³-hybridized carbons (Fsp3) is 0.632. The van der Waals surface area contributed by atoms with Gasteiger partial charge in [0.25, 0.3) is 0 Å². The van der Waals surface area contributed by atoms with Crippen LogP contribution in [0.2, 0.25) is 0 Å². The van der Waals surface area contributed by atoms with Gasteiger partial charge in [0.2, 0.25) is 23.6 Å². The molecular formula is C19H37N11O6S. The third-order valence-electron chi connectivity index (χ3n) is 4.72. The molecule has 4 unspecified atom stereocenters. The summed E-state index contributed by atoms with van der Waals surface area (Å²) in [7, 11) is 0. The number of carboxylic acids is 1. The fourth-order valence-corrected chi connectivity index (χ4v) is 3.10. The number of aliphatic imine (C=N–C) groups is 2. The van der Waals surface area contributed by atoms with Crippen molar-refractivity contribution in [3.63, 3.8) is 0 Å². The summed E-state index contributed by atoms with van der Waals surface area (Å²) in [5.74, 6) is -5.23. The Morgan fingerprint density at radius 1 is 0.730 bits per heavy atom. The van der Waals surface area contributed by atoms with E-state index in [0.29, 0.717) is 6.42 Å². The van der Waals surface area contributed by atoms with Crippen molar-refractivity contribution >= 4 is 54.1 Å². The molecule has 0 aromatic heterocycles. The van der Waals surface area contributed by atoms with Gasteiger partial charge in [-0.05, 0) is 25.7 Å². The molecule has 0 radical (unpaired) electrons. The number of nitrogens with one attached hydrogen (secondary N) is 3. The van der Waals surface area contributed by atoms with Gasteiger partial charge >= 0.3 is 5.97 Å². The van der Waals surface area contributed by atoms with Gasteiger partial charge in [-0.2, -0.15) is 12.6 Å². The van der Waals surface area contributed by atoms with Gasteiger partial charge in [-0.3, -0.25) is 29.2 Å². The second-order valence-corrected chi connectivity index (χ2v) is 8.24. The van der Waals surface area contributed by atoms with Crippen LogP contribution in [0.4, 0.5) is 0 Å². The number of amides is 4. The molecule has 17 nitrogen and oxygen atoms in total. The molecule has 0 aliphatic heterocycles. The topological polar surface area (TPSA) is 323 Å². The zero-order valence-corrected chi connectivity index (χ0v) is 21.2. The van der Waals surface area contributed by atoms with Crippen LogP contribution >= 0.6 is 12.6 Å². The van der Waals surface area contributed by atoms with Gasteiger partial charge < -0.3 is 55.5 Å². The molecule has 18 heteroatoms. The minimum absolute atomic E-state index is 0.0362. The second-order valence-electron chi connectivity index (χ2n) is 7.88. The molecule has 0 aliphatic carbocycles. The summed E-state index contributed by atoms with van der Waals surface area (Å²) in [5.41, 5.74) is 31.9. The van der Waals surface area contributed by atoms with E-state index in [1.54, 1.807) is 0 Å². The summed E-state index contributed by atoms with van der Waals surface area (Å²) >= 11 is 4.03. The van der Waals surface area contributed by atoms with Gasteiger partial charge in [-0.1, -0.05) is 0 Å². The predicted octanol–water partition coefficient (Wildman–Crippen LogP) is -5.23. The number of aliphatic carboxylic acids is 1. The van der Waals surface area contributed by atoms with Crippen LogP contribution in [0.5, 0.6) is 0 Å². The first-order valence-electron chi connectivity index (χ1n) is 11.2. The molecule has 0 bridgehead atoms. The van der Waals surface area contributed by atoms with Crippen LogP contribution < -0.4 is 50.4 Å². The molecule has 0 saturated heterocycles. The number of primary amides is 1. The van der Waals surface area contributed by atoms with E-state index in [0.717, 1.165) is 0 Å². The van der Waals surface area contributed by atoms with E-state index in [1.807, 2.05) is 0 Å². The van der Waals surface area contributed by atoms with E-state index in [-0.39, 0.29) is 50.0 Å². The Bertz CT molecular complexity index is 861. The van der Waals surface area contributed by atoms with Crippen molar-refractivity contribution in [2.45, 2.75) is 56.3 Å². The highest BCUT2D eigenvalue weighted by atomic mass is 32.1. The lowest BCUT2D eigenvalue weighted by Gasteiger charge is -2.24. The number of carbonyl (C=O) groups excluding carboxylic acids is 4. The van der Waals surface area contributed by atoms with Gasteiger partial charge in [0, 0.05) is 18.8 Å². The monoisotopic (exact) mass is 547 g/mol. The highest BCUT2D eigenvalue weighted by Crippen LogP contribution is 2.03. The maximum atomic E-state index is 12.7. The summed E-state index contributed by atoms with van der Waals surface area (Å²) in [6, 6.07) is -5.08. The Kier molecular flexibility index (Phi) is 15.8. The van der Waals surface area contributed by atoms with E-state index in [9.17, 15) is 29.1 Å². The molecule has 0 aromatic rings. The van der Waals surface area contributed by atoms with Crippen LogP contribution in [-0.2, 0) is 24.0 Å². The molecule has 0 spiro atoms. The lowest BCUT2D eigenvalue weighted by atomic mass is 10.1. The average molecular weight is 548 g/mol. The molecule has 0 saturated carbocycles. The Labute approximate surface area is 219 Å². The number of hydrogen-bond donors (Lipinski definition) is 11. The van der Waals surface area contributed by atoms with Crippen LogP contribution in [-0.4, -0.2) is 89.6 Å². The SMILES string of the molecule is NC(=O)CC(NC(=O)C(CS)NC(=O)C(N)CCCN=C(N)N)C(=O)NC(CCCN=C(N)N)C(=O)O. The van der Waals surface area contributed by atoms with E-state index in [4.69, 9.17) is 34.4 Å². The lowest BCUT2D eigenvalue weighted by Crippen LogP contribution is -2.58. The van der Waals surface area contributed by atoms with Crippen LogP contribution in [0.3, 0.4) is 0 Å². The molecule has 0 heterocycles. The number of carboxylic acid groups (broad SMARTS) is 1. The minimum Gasteiger partial charge on any atom is -0.480 e. The minimum atomic E-state index is -1.52. The number of nitrogens with two attached hydrogens (primary N) is 6. The first-order chi connectivity index (χ1) is 17.3. The average Bonchev–Trinajstić information content (AvgIpc) is 2.80. The Balaban J connectivity index is 5.18. The number of rotatable bonds is 18. The maximum absolute atomic E-state index is 12.7. The maximum Gasteiger partial charge on any atom is 0.326 e. The summed E-state index contributed by atoms with van der Waals surface area (Å²) in [4.78, 5) is 68.2. The van der Waals surface area contributed by atoms with Crippen molar-refractivity contribution in [1.29, 1.82) is 0 Å². The van der Waals surface area contributed by atoms with Crippen molar-refractivity contribution in [2.75, 3.05) is 18.8 Å². The van der Waals surface area contributed by atoms with E-state index in [1.165, 1.54) is 0 Å². The summed E-state index contributed by atoms with van der Waals surface area (Å²) in [6.07, 6.45) is 0.181. The smallest absolute Gasteiger partial charge is 0.326 e. The molecule has 4 amide bonds. The molecular weight excluding hydrogens is 510 g/mol. The first kappa shape index (κ1) is 33.2. The summed E-state index contributed by atoms with van der Waals surface area (Å²) in [5, 5.41) is 16.3. The first-order valence-corrected chi connectivity index (χ1v) is 11.8. The van der Waals surface area contributed by atoms with Crippen LogP contribution in [0.25, 0.3) is 0 Å². The number of guanidine groups is 2. The quantitative estimate of drug-likeness (QED) is 0.0333. The third kappa shape index (κ3) is 15.0. The molecule has 210 valence electrons. The summed E-state index contributed by atoms with van der Waals surface area (Å²) < 4.78 is 0. The molecule has 0 aliphatic rings. The number of hydrogen-bond acceptors (Lipinski definition) is 9. The molecule has 0 fully saturated rings. The van der Waals surface area contributed by atoms with Gasteiger partial charge in [0.15, 0.2) is 11.9 Å². The van der Waals surface area contributed by atoms with Crippen molar-refractivity contribution < 1.29 is 29.1 Å². The Morgan fingerprint density at radius 2 is 1.19 bits per heavy atom. The van der Waals surface area contributed by atoms with Crippen molar-refractivity contribution in [3.05, 3.63) is 0 Å². The number of carbonyl (C=O) groups is 5. The van der Waals surface area contributed by atoms with Gasteiger partial charge in [0.05, 0.1) is 12.5 Å². The highest BCUT2D eigenvalue weighted by Gasteiger charge is 2.30. The zero-order chi connectivity index (χ0) is 28.5. The fourth-order valence-electron chi connectivity index (χ4n) is 2.84. The van der Waals surface area contributed by atoms with E-state index >= 15 is 0 Å². The number of nitrogens with zero attached hydrogens (tertiary/aromatic N) is 2. The van der Waals surface area contributed by atoms with Crippen LogP contribution in [0.1, 0.15) is 32.1 Å². The Hall–Kier alpha value is -3.80. The molecule has 4 atom stereocenters. The second kappa shape index (κ2) is 17.6. The van der Waals surface area contributed by atoms with Crippen molar-refractivity contribution in [1.82, 2.24) is 16.0 Å². The lowest BCUT2D eigenvalue weighted by molar-refractivity contribution is -0.142. The Morgan fingerprint density at radius 3 is 1.65 bits per heavy atom. The largest absolute Gasteiger partial charge is 0.480 e. The zero-order valence-electron chi connectivity index (χ0n) is 20.3. The molecule has 0 rings (SSSR count). The molecule has 0 aromatic carbocycles. The normalized spacial score (nSPS) is 13.7. The third-order valence-corrected chi connectivity index (χ3v) is 5.08. The predicted molar refractivity (Wildman–Crippen MR) is 139 cm³/mol.